The van der Waals surface area contributed by atoms with Gasteiger partial charge in [-0.05, 0) is 36.8 Å². The predicted octanol–water partition coefficient (Wildman–Crippen LogP) is 2.35. The number of hydrogen-bond acceptors (Lipinski definition) is 3. The van der Waals surface area contributed by atoms with Gasteiger partial charge in [0.25, 0.3) is 10.2 Å². The molecule has 2 fully saturated rings. The van der Waals surface area contributed by atoms with Crippen LogP contribution in [0.15, 0.2) is 24.3 Å². The van der Waals surface area contributed by atoms with Crippen molar-refractivity contribution in [2.24, 2.45) is 5.92 Å². The van der Waals surface area contributed by atoms with Crippen molar-refractivity contribution >= 4 is 27.7 Å². The van der Waals surface area contributed by atoms with Gasteiger partial charge in [0, 0.05) is 37.7 Å². The average Bonchev–Trinajstić information content (AvgIpc) is 2.60. The third-order valence-electron chi connectivity index (χ3n) is 5.09. The lowest BCUT2D eigenvalue weighted by Crippen LogP contribution is -2.53. The van der Waals surface area contributed by atoms with Crippen molar-refractivity contribution in [1.82, 2.24) is 13.5 Å². The Morgan fingerprint density at radius 3 is 2.62 bits per heavy atom. The normalized spacial score (nSPS) is 24.5. The van der Waals surface area contributed by atoms with Gasteiger partial charge in [0.05, 0.1) is 6.54 Å². The van der Waals surface area contributed by atoms with Gasteiger partial charge in [-0.25, -0.2) is 0 Å². The van der Waals surface area contributed by atoms with E-state index in [4.69, 9.17) is 11.6 Å². The number of halogens is 1. The van der Waals surface area contributed by atoms with Crippen LogP contribution in [0.4, 0.5) is 0 Å². The second kappa shape index (κ2) is 8.25. The highest BCUT2D eigenvalue weighted by Gasteiger charge is 2.36. The minimum Gasteiger partial charge on any atom is -0.341 e. The Kier molecular flexibility index (Phi) is 6.22. The first-order chi connectivity index (χ1) is 12.4. The zero-order valence-corrected chi connectivity index (χ0v) is 16.7. The fourth-order valence-corrected chi connectivity index (χ4v) is 5.44. The molecule has 1 atom stereocenters. The fourth-order valence-electron chi connectivity index (χ4n) is 3.62. The van der Waals surface area contributed by atoms with Crippen molar-refractivity contribution < 1.29 is 13.2 Å². The molecule has 1 aromatic carbocycles. The highest BCUT2D eigenvalue weighted by Crippen LogP contribution is 2.23. The Morgan fingerprint density at radius 1 is 1.15 bits per heavy atom. The molecular weight excluding hydrogens is 374 g/mol. The van der Waals surface area contributed by atoms with E-state index in [0.717, 1.165) is 31.5 Å². The van der Waals surface area contributed by atoms with Crippen molar-refractivity contribution in [2.75, 3.05) is 32.7 Å². The van der Waals surface area contributed by atoms with E-state index in [2.05, 4.69) is 6.92 Å². The predicted molar refractivity (Wildman–Crippen MR) is 102 cm³/mol. The van der Waals surface area contributed by atoms with E-state index < -0.39 is 10.2 Å². The summed E-state index contributed by atoms with van der Waals surface area (Å²) in [5.74, 6) is 0.377. The van der Waals surface area contributed by atoms with Crippen molar-refractivity contribution in [3.63, 3.8) is 0 Å². The fraction of sp³-hybridized carbons (Fsp3) is 0.611. The number of hydrogen-bond donors (Lipinski definition) is 0. The first kappa shape index (κ1) is 19.6. The summed E-state index contributed by atoms with van der Waals surface area (Å²) < 4.78 is 28.6. The SMILES string of the molecule is CC1CCCN(C(=O)CN2CCCN(Cc3ccccc3Cl)S2(=O)=O)C1. The van der Waals surface area contributed by atoms with Crippen LogP contribution in [0, 0.1) is 5.92 Å². The van der Waals surface area contributed by atoms with Gasteiger partial charge in [-0.2, -0.15) is 17.0 Å². The molecule has 0 spiro atoms. The molecule has 0 aliphatic carbocycles. The van der Waals surface area contributed by atoms with Crippen LogP contribution in [-0.2, 0) is 21.5 Å². The Bertz CT molecular complexity index is 756. The van der Waals surface area contributed by atoms with Gasteiger partial charge in [-0.15, -0.1) is 0 Å². The number of amides is 1. The highest BCUT2D eigenvalue weighted by atomic mass is 35.5. The van der Waals surface area contributed by atoms with E-state index in [9.17, 15) is 13.2 Å². The molecular formula is C18H26ClN3O3S. The van der Waals surface area contributed by atoms with Crippen LogP contribution < -0.4 is 0 Å². The molecule has 2 heterocycles. The first-order valence-corrected chi connectivity index (χ1v) is 10.9. The Morgan fingerprint density at radius 2 is 1.88 bits per heavy atom. The van der Waals surface area contributed by atoms with Gasteiger partial charge in [0.2, 0.25) is 5.91 Å². The molecule has 144 valence electrons. The molecule has 1 aromatic rings. The summed E-state index contributed by atoms with van der Waals surface area (Å²) in [5, 5.41) is 0.554. The number of likely N-dealkylation sites (tertiary alicyclic amines) is 1. The molecule has 0 N–H and O–H groups in total. The molecule has 0 saturated carbocycles. The molecule has 8 heteroatoms. The smallest absolute Gasteiger partial charge is 0.282 e. The number of carbonyl (C=O) groups excluding carboxylic acids is 1. The van der Waals surface area contributed by atoms with E-state index in [-0.39, 0.29) is 19.0 Å². The molecule has 2 saturated heterocycles. The van der Waals surface area contributed by atoms with Crippen LogP contribution in [0.1, 0.15) is 31.7 Å². The van der Waals surface area contributed by atoms with Gasteiger partial charge in [-0.3, -0.25) is 4.79 Å². The lowest BCUT2D eigenvalue weighted by molar-refractivity contribution is -0.133. The van der Waals surface area contributed by atoms with E-state index in [1.807, 2.05) is 18.2 Å². The van der Waals surface area contributed by atoms with Crippen LogP contribution in [0.3, 0.4) is 0 Å². The van der Waals surface area contributed by atoms with Gasteiger partial charge in [0.15, 0.2) is 0 Å². The molecule has 2 aliphatic heterocycles. The number of piperidine rings is 1. The molecule has 6 nitrogen and oxygen atoms in total. The van der Waals surface area contributed by atoms with Gasteiger partial charge >= 0.3 is 0 Å². The molecule has 3 rings (SSSR count). The number of nitrogens with zero attached hydrogens (tertiary/aromatic N) is 3. The van der Waals surface area contributed by atoms with E-state index in [1.54, 1.807) is 11.0 Å². The topological polar surface area (TPSA) is 60.9 Å². The van der Waals surface area contributed by atoms with Crippen LogP contribution in [-0.4, -0.2) is 60.6 Å². The van der Waals surface area contributed by atoms with E-state index in [0.29, 0.717) is 30.5 Å². The highest BCUT2D eigenvalue weighted by molar-refractivity contribution is 7.86. The maximum Gasteiger partial charge on any atom is 0.282 e. The summed E-state index contributed by atoms with van der Waals surface area (Å²) in [4.78, 5) is 14.4. The summed E-state index contributed by atoms with van der Waals surface area (Å²) >= 11 is 6.18. The summed E-state index contributed by atoms with van der Waals surface area (Å²) in [6.07, 6.45) is 2.81. The third kappa shape index (κ3) is 4.39. The Hall–Kier alpha value is -1.15. The Labute approximate surface area is 160 Å². The minimum atomic E-state index is -3.67. The third-order valence-corrected chi connectivity index (χ3v) is 7.39. The summed E-state index contributed by atoms with van der Waals surface area (Å²) in [6.45, 7) is 4.55. The van der Waals surface area contributed by atoms with Crippen LogP contribution >= 0.6 is 11.6 Å². The van der Waals surface area contributed by atoms with E-state index >= 15 is 0 Å². The lowest BCUT2D eigenvalue weighted by Gasteiger charge is -2.37. The van der Waals surface area contributed by atoms with Crippen molar-refractivity contribution in [2.45, 2.75) is 32.7 Å². The van der Waals surface area contributed by atoms with Gasteiger partial charge in [0.1, 0.15) is 0 Å². The number of carbonyl (C=O) groups is 1. The number of benzene rings is 1. The molecule has 0 radical (unpaired) electrons. The zero-order valence-electron chi connectivity index (χ0n) is 15.1. The van der Waals surface area contributed by atoms with Crippen LogP contribution in [0.2, 0.25) is 5.02 Å². The van der Waals surface area contributed by atoms with Crippen molar-refractivity contribution in [1.29, 1.82) is 0 Å². The largest absolute Gasteiger partial charge is 0.341 e. The molecule has 1 amide bonds. The van der Waals surface area contributed by atoms with Crippen LogP contribution in [0.25, 0.3) is 0 Å². The van der Waals surface area contributed by atoms with Crippen LogP contribution in [0.5, 0.6) is 0 Å². The molecule has 26 heavy (non-hydrogen) atoms. The minimum absolute atomic E-state index is 0.0753. The number of rotatable bonds is 4. The molecule has 0 aromatic heterocycles. The van der Waals surface area contributed by atoms with Crippen molar-refractivity contribution in [3.8, 4) is 0 Å². The van der Waals surface area contributed by atoms with Gasteiger partial charge < -0.3 is 4.90 Å². The average molecular weight is 400 g/mol. The second-order valence-corrected chi connectivity index (χ2v) is 9.54. The quantitative estimate of drug-likeness (QED) is 0.780. The monoisotopic (exact) mass is 399 g/mol. The lowest BCUT2D eigenvalue weighted by atomic mass is 10.0. The first-order valence-electron chi connectivity index (χ1n) is 9.14. The Balaban J connectivity index is 1.68. The molecule has 0 bridgehead atoms. The second-order valence-electron chi connectivity index (χ2n) is 7.21. The van der Waals surface area contributed by atoms with Crippen molar-refractivity contribution in [3.05, 3.63) is 34.9 Å². The standard InChI is InChI=1S/C18H26ClN3O3S/c1-15-6-4-9-20(12-15)18(23)14-22-11-5-10-21(26(22,24)25)13-16-7-2-3-8-17(16)19/h2-3,7-8,15H,4-6,9-14H2,1H3. The van der Waals surface area contributed by atoms with E-state index in [1.165, 1.54) is 8.61 Å². The zero-order chi connectivity index (χ0) is 18.7. The molecule has 1 unspecified atom stereocenters. The maximum absolute atomic E-state index is 12.9. The molecule has 2 aliphatic rings. The maximum atomic E-state index is 12.9. The summed E-state index contributed by atoms with van der Waals surface area (Å²) in [6, 6.07) is 7.25. The summed E-state index contributed by atoms with van der Waals surface area (Å²) in [7, 11) is -3.67. The van der Waals surface area contributed by atoms with Gasteiger partial charge in [-0.1, -0.05) is 36.7 Å². The summed E-state index contributed by atoms with van der Waals surface area (Å²) in [5.41, 5.74) is 0.774.